The molecule has 2 aromatic heterocycles. The van der Waals surface area contributed by atoms with Gasteiger partial charge >= 0.3 is 0 Å². The minimum atomic E-state index is -0.113. The molecule has 2 heterocycles. The molecule has 6 heteroatoms. The summed E-state index contributed by atoms with van der Waals surface area (Å²) < 4.78 is 0. The number of aryl methyl sites for hydroxylation is 3. The van der Waals surface area contributed by atoms with Gasteiger partial charge in [-0.2, -0.15) is 0 Å². The number of hydrogen-bond donors (Lipinski definition) is 1. The second-order valence-electron chi connectivity index (χ2n) is 6.71. The molecular formula is C23H21N3OS2. The van der Waals surface area contributed by atoms with Gasteiger partial charge in [-0.25, -0.2) is 9.97 Å². The molecule has 1 N–H and O–H groups in total. The lowest BCUT2D eigenvalue weighted by Gasteiger charge is -2.12. The van der Waals surface area contributed by atoms with Gasteiger partial charge in [0, 0.05) is 20.8 Å². The van der Waals surface area contributed by atoms with Gasteiger partial charge in [-0.3, -0.25) is 4.79 Å². The summed E-state index contributed by atoms with van der Waals surface area (Å²) >= 11 is 3.19. The second-order valence-corrected chi connectivity index (χ2v) is 8.94. The summed E-state index contributed by atoms with van der Waals surface area (Å²) in [5, 5.41) is 5.03. The fraction of sp³-hybridized carbons (Fsp3) is 0.174. The topological polar surface area (TPSA) is 54.9 Å². The zero-order valence-corrected chi connectivity index (χ0v) is 18.2. The number of aromatic nitrogens is 2. The molecule has 29 heavy (non-hydrogen) atoms. The number of benzene rings is 2. The summed E-state index contributed by atoms with van der Waals surface area (Å²) in [6, 6.07) is 15.6. The number of para-hydroxylation sites is 1. The molecule has 4 aromatic rings. The molecule has 1 amide bonds. The van der Waals surface area contributed by atoms with Gasteiger partial charge < -0.3 is 5.32 Å². The lowest BCUT2D eigenvalue weighted by molar-refractivity contribution is 0.102. The summed E-state index contributed by atoms with van der Waals surface area (Å²) in [7, 11) is 0. The quantitative estimate of drug-likeness (QED) is 0.387. The Morgan fingerprint density at radius 1 is 1.07 bits per heavy atom. The van der Waals surface area contributed by atoms with Crippen molar-refractivity contribution in [3.05, 3.63) is 76.4 Å². The highest BCUT2D eigenvalue weighted by molar-refractivity contribution is 7.99. The monoisotopic (exact) mass is 419 g/mol. The third-order valence-corrected chi connectivity index (χ3v) is 7.11. The molecule has 0 bridgehead atoms. The maximum Gasteiger partial charge on any atom is 0.256 e. The Bertz CT molecular complexity index is 1200. The van der Waals surface area contributed by atoms with Crippen molar-refractivity contribution >= 4 is 44.9 Å². The third-order valence-electron chi connectivity index (χ3n) is 4.92. The fourth-order valence-electron chi connectivity index (χ4n) is 3.22. The highest BCUT2D eigenvalue weighted by Gasteiger charge is 2.17. The van der Waals surface area contributed by atoms with Crippen LogP contribution >= 0.6 is 23.1 Å². The van der Waals surface area contributed by atoms with Crippen LogP contribution in [0.15, 0.2) is 64.8 Å². The van der Waals surface area contributed by atoms with Crippen LogP contribution in [0.2, 0.25) is 0 Å². The fourth-order valence-corrected chi connectivity index (χ4v) is 5.35. The summed E-state index contributed by atoms with van der Waals surface area (Å²) in [5.41, 5.74) is 3.81. The molecule has 0 spiro atoms. The van der Waals surface area contributed by atoms with Gasteiger partial charge in [-0.05, 0) is 49.6 Å². The Morgan fingerprint density at radius 3 is 2.66 bits per heavy atom. The zero-order valence-electron chi connectivity index (χ0n) is 16.5. The molecule has 0 unspecified atom stereocenters. The predicted molar refractivity (Wildman–Crippen MR) is 121 cm³/mol. The van der Waals surface area contributed by atoms with Crippen LogP contribution in [-0.4, -0.2) is 15.9 Å². The van der Waals surface area contributed by atoms with Crippen molar-refractivity contribution in [1.82, 2.24) is 9.97 Å². The molecule has 0 saturated heterocycles. The highest BCUT2D eigenvalue weighted by atomic mass is 32.2. The van der Waals surface area contributed by atoms with Gasteiger partial charge in [0.1, 0.15) is 16.2 Å². The van der Waals surface area contributed by atoms with E-state index in [0.29, 0.717) is 5.56 Å². The number of fused-ring (bicyclic) bond motifs is 1. The lowest BCUT2D eigenvalue weighted by atomic mass is 10.1. The van der Waals surface area contributed by atoms with E-state index in [1.165, 1.54) is 22.2 Å². The lowest BCUT2D eigenvalue weighted by Crippen LogP contribution is -2.14. The van der Waals surface area contributed by atoms with Crippen molar-refractivity contribution in [1.29, 1.82) is 0 Å². The summed E-state index contributed by atoms with van der Waals surface area (Å²) in [6.07, 6.45) is 2.46. The number of nitrogens with zero attached hydrogens (tertiary/aromatic N) is 2. The van der Waals surface area contributed by atoms with Crippen LogP contribution in [0, 0.1) is 13.8 Å². The minimum Gasteiger partial charge on any atom is -0.322 e. The zero-order chi connectivity index (χ0) is 20.4. The van der Waals surface area contributed by atoms with Crippen molar-refractivity contribution in [2.75, 3.05) is 5.32 Å². The Labute approximate surface area is 178 Å². The summed E-state index contributed by atoms with van der Waals surface area (Å²) in [5.74, 6) is -0.113. The number of nitrogens with one attached hydrogen (secondary N) is 1. The van der Waals surface area contributed by atoms with Crippen molar-refractivity contribution in [2.45, 2.75) is 37.1 Å². The standard InChI is InChI=1S/C23H21N3OS2/c1-4-16-9-5-7-11-18(16)26-21(27)17-10-6-8-12-19(17)29-23-20-14(2)15(3)28-22(20)24-13-25-23/h5-13H,4H2,1-3H3,(H,26,27). The average Bonchev–Trinajstić information content (AvgIpc) is 3.03. The maximum atomic E-state index is 13.1. The molecule has 0 aliphatic rings. The number of hydrogen-bond acceptors (Lipinski definition) is 5. The molecule has 0 saturated carbocycles. The number of anilines is 1. The molecular weight excluding hydrogens is 398 g/mol. The van der Waals surface area contributed by atoms with E-state index in [1.54, 1.807) is 17.7 Å². The Balaban J connectivity index is 1.68. The molecule has 2 aromatic carbocycles. The van der Waals surface area contributed by atoms with E-state index in [4.69, 9.17) is 0 Å². The van der Waals surface area contributed by atoms with E-state index < -0.39 is 0 Å². The number of rotatable bonds is 5. The largest absolute Gasteiger partial charge is 0.322 e. The smallest absolute Gasteiger partial charge is 0.256 e. The first-order chi connectivity index (χ1) is 14.1. The first-order valence-corrected chi connectivity index (χ1v) is 11.1. The molecule has 4 rings (SSSR count). The van der Waals surface area contributed by atoms with E-state index in [2.05, 4.69) is 36.1 Å². The number of carbonyl (C=O) groups excluding carboxylic acids is 1. The Kier molecular flexibility index (Phi) is 5.65. The van der Waals surface area contributed by atoms with E-state index in [-0.39, 0.29) is 5.91 Å². The molecule has 146 valence electrons. The Morgan fingerprint density at radius 2 is 1.83 bits per heavy atom. The van der Waals surface area contributed by atoms with E-state index in [9.17, 15) is 4.79 Å². The van der Waals surface area contributed by atoms with E-state index in [1.807, 2.05) is 48.5 Å². The van der Waals surface area contributed by atoms with Crippen molar-refractivity contribution < 1.29 is 4.79 Å². The van der Waals surface area contributed by atoms with Gasteiger partial charge in [-0.1, -0.05) is 49.0 Å². The van der Waals surface area contributed by atoms with Crippen molar-refractivity contribution in [3.63, 3.8) is 0 Å². The average molecular weight is 420 g/mol. The molecule has 0 atom stereocenters. The number of amides is 1. The highest BCUT2D eigenvalue weighted by Crippen LogP contribution is 2.38. The van der Waals surface area contributed by atoms with Gasteiger partial charge in [0.25, 0.3) is 5.91 Å². The molecule has 4 nitrogen and oxygen atoms in total. The second kappa shape index (κ2) is 8.35. The van der Waals surface area contributed by atoms with Crippen molar-refractivity contribution in [2.24, 2.45) is 0 Å². The van der Waals surface area contributed by atoms with Gasteiger partial charge in [0.2, 0.25) is 0 Å². The minimum absolute atomic E-state index is 0.113. The number of carbonyl (C=O) groups is 1. The van der Waals surface area contributed by atoms with Crippen LogP contribution in [-0.2, 0) is 6.42 Å². The van der Waals surface area contributed by atoms with E-state index >= 15 is 0 Å². The van der Waals surface area contributed by atoms with E-state index in [0.717, 1.165) is 37.8 Å². The van der Waals surface area contributed by atoms with Gasteiger partial charge in [0.05, 0.1) is 5.56 Å². The summed E-state index contributed by atoms with van der Waals surface area (Å²) in [4.78, 5) is 25.1. The first kappa shape index (κ1) is 19.6. The molecule has 0 radical (unpaired) electrons. The van der Waals surface area contributed by atoms with Crippen LogP contribution in [0.4, 0.5) is 5.69 Å². The SMILES string of the molecule is CCc1ccccc1NC(=O)c1ccccc1Sc1ncnc2sc(C)c(C)c12. The third kappa shape index (κ3) is 3.91. The summed E-state index contributed by atoms with van der Waals surface area (Å²) in [6.45, 7) is 6.28. The molecule has 0 fully saturated rings. The van der Waals surface area contributed by atoms with Crippen LogP contribution in [0.3, 0.4) is 0 Å². The van der Waals surface area contributed by atoms with Crippen molar-refractivity contribution in [3.8, 4) is 0 Å². The van der Waals surface area contributed by atoms with Crippen LogP contribution < -0.4 is 5.32 Å². The molecule has 0 aliphatic carbocycles. The number of thiophene rings is 1. The van der Waals surface area contributed by atoms with Gasteiger partial charge in [-0.15, -0.1) is 11.3 Å². The maximum absolute atomic E-state index is 13.1. The van der Waals surface area contributed by atoms with Gasteiger partial charge in [0.15, 0.2) is 0 Å². The molecule has 0 aliphatic heterocycles. The normalized spacial score (nSPS) is 11.0. The first-order valence-electron chi connectivity index (χ1n) is 9.45. The van der Waals surface area contributed by atoms with Crippen LogP contribution in [0.1, 0.15) is 33.3 Å². The Hall–Kier alpha value is -2.70. The van der Waals surface area contributed by atoms with Crippen LogP contribution in [0.25, 0.3) is 10.2 Å². The predicted octanol–water partition coefficient (Wildman–Crippen LogP) is 6.27. The van der Waals surface area contributed by atoms with Crippen LogP contribution in [0.5, 0.6) is 0 Å².